The van der Waals surface area contributed by atoms with Gasteiger partial charge in [-0.3, -0.25) is 9.69 Å². The number of aromatic nitrogens is 2. The summed E-state index contributed by atoms with van der Waals surface area (Å²) in [7, 11) is 1.75. The minimum absolute atomic E-state index is 0.0520. The van der Waals surface area contributed by atoms with Crippen LogP contribution < -0.4 is 10.5 Å². The number of phenols is 1. The van der Waals surface area contributed by atoms with Gasteiger partial charge in [0.25, 0.3) is 5.56 Å². The summed E-state index contributed by atoms with van der Waals surface area (Å²) < 4.78 is 1.60. The first-order valence-electron chi connectivity index (χ1n) is 8.93. The number of anilines is 1. The smallest absolute Gasteiger partial charge is 0.252 e. The van der Waals surface area contributed by atoms with Gasteiger partial charge in [0.05, 0.1) is 11.2 Å². The van der Waals surface area contributed by atoms with E-state index in [9.17, 15) is 9.90 Å². The molecule has 0 atom stereocenters. The summed E-state index contributed by atoms with van der Waals surface area (Å²) in [5.41, 5.74) is 3.42. The number of benzene rings is 1. The van der Waals surface area contributed by atoms with Crippen LogP contribution in [0.4, 0.5) is 5.69 Å². The minimum atomic E-state index is -0.0520. The van der Waals surface area contributed by atoms with Crippen molar-refractivity contribution >= 4 is 28.3 Å². The van der Waals surface area contributed by atoms with Gasteiger partial charge in [-0.05, 0) is 29.8 Å². The fraction of sp³-hybridized carbons (Fsp3) is 0.300. The summed E-state index contributed by atoms with van der Waals surface area (Å²) in [5.74, 6) is 0.292. The topological polar surface area (TPSA) is 61.6 Å². The lowest BCUT2D eigenvalue weighted by Gasteiger charge is -2.36. The molecule has 7 heteroatoms. The van der Waals surface area contributed by atoms with Crippen LogP contribution in [0, 0.1) is 0 Å². The number of phenolic OH excluding ortho intramolecular Hbond substituents is 1. The van der Waals surface area contributed by atoms with E-state index in [2.05, 4.69) is 14.8 Å². The maximum absolute atomic E-state index is 12.4. The van der Waals surface area contributed by atoms with Crippen molar-refractivity contribution in [2.24, 2.45) is 7.05 Å². The Morgan fingerprint density at radius 1 is 1.11 bits per heavy atom. The minimum Gasteiger partial charge on any atom is -0.508 e. The van der Waals surface area contributed by atoms with Crippen molar-refractivity contribution in [2.45, 2.75) is 6.54 Å². The Balaban J connectivity index is 1.55. The van der Waals surface area contributed by atoms with Gasteiger partial charge in [-0.25, -0.2) is 4.98 Å². The van der Waals surface area contributed by atoms with Crippen LogP contribution in [0.1, 0.15) is 5.56 Å². The number of aromatic hydroxyl groups is 1. The van der Waals surface area contributed by atoms with Gasteiger partial charge in [0.15, 0.2) is 0 Å². The van der Waals surface area contributed by atoms with Crippen molar-refractivity contribution in [1.29, 1.82) is 0 Å². The van der Waals surface area contributed by atoms with Gasteiger partial charge in [-0.2, -0.15) is 0 Å². The molecule has 0 spiro atoms. The first kappa shape index (κ1) is 17.8. The lowest BCUT2D eigenvalue weighted by atomic mass is 10.1. The van der Waals surface area contributed by atoms with Crippen molar-refractivity contribution in [1.82, 2.24) is 14.5 Å². The van der Waals surface area contributed by atoms with Crippen molar-refractivity contribution in [3.05, 3.63) is 63.5 Å². The normalized spacial score (nSPS) is 15.4. The number of rotatable bonds is 3. The number of fused-ring (bicyclic) bond motifs is 1. The monoisotopic (exact) mass is 384 g/mol. The van der Waals surface area contributed by atoms with E-state index >= 15 is 0 Å². The van der Waals surface area contributed by atoms with Gasteiger partial charge < -0.3 is 14.6 Å². The Labute approximate surface area is 162 Å². The van der Waals surface area contributed by atoms with Crippen molar-refractivity contribution in [3.8, 4) is 5.75 Å². The SMILES string of the molecule is Cn1c(=O)cc(N2CCN(Cc3cccc(O)c3)CC2)c2nc(Cl)ccc21. The number of aryl methyl sites for hydroxylation is 1. The molecule has 1 aromatic carbocycles. The fourth-order valence-electron chi connectivity index (χ4n) is 3.59. The Bertz CT molecular complexity index is 1040. The Morgan fingerprint density at radius 2 is 1.89 bits per heavy atom. The second-order valence-electron chi connectivity index (χ2n) is 6.86. The highest BCUT2D eigenvalue weighted by atomic mass is 35.5. The number of hydrogen-bond acceptors (Lipinski definition) is 5. The molecule has 1 N–H and O–H groups in total. The molecule has 27 heavy (non-hydrogen) atoms. The molecule has 1 fully saturated rings. The van der Waals surface area contributed by atoms with Gasteiger partial charge in [0, 0.05) is 45.8 Å². The Hall–Kier alpha value is -2.57. The zero-order chi connectivity index (χ0) is 19.0. The molecule has 1 aliphatic rings. The van der Waals surface area contributed by atoms with Crippen LogP contribution in [0.5, 0.6) is 5.75 Å². The van der Waals surface area contributed by atoms with E-state index in [4.69, 9.17) is 11.6 Å². The molecule has 0 amide bonds. The number of hydrogen-bond donors (Lipinski definition) is 1. The van der Waals surface area contributed by atoms with Gasteiger partial charge in [0.1, 0.15) is 16.4 Å². The van der Waals surface area contributed by atoms with E-state index in [1.54, 1.807) is 35.9 Å². The molecule has 1 saturated heterocycles. The molecule has 3 heterocycles. The highest BCUT2D eigenvalue weighted by Crippen LogP contribution is 2.26. The van der Waals surface area contributed by atoms with Crippen molar-refractivity contribution in [3.63, 3.8) is 0 Å². The lowest BCUT2D eigenvalue weighted by molar-refractivity contribution is 0.249. The standard InChI is InChI=1S/C20H21ClN4O2/c1-23-16-5-6-18(21)22-20(16)17(12-19(23)27)25-9-7-24(8-10-25)13-14-3-2-4-15(26)11-14/h2-6,11-12,26H,7-10,13H2,1H3. The molecular weight excluding hydrogens is 364 g/mol. The maximum atomic E-state index is 12.4. The first-order valence-corrected chi connectivity index (χ1v) is 9.30. The molecule has 0 radical (unpaired) electrons. The molecule has 6 nitrogen and oxygen atoms in total. The molecule has 2 aromatic heterocycles. The third-order valence-electron chi connectivity index (χ3n) is 5.06. The fourth-order valence-corrected chi connectivity index (χ4v) is 3.74. The highest BCUT2D eigenvalue weighted by Gasteiger charge is 2.21. The van der Waals surface area contributed by atoms with E-state index in [0.717, 1.165) is 55.0 Å². The van der Waals surface area contributed by atoms with Crippen molar-refractivity contribution in [2.75, 3.05) is 31.1 Å². The van der Waals surface area contributed by atoms with E-state index in [1.807, 2.05) is 18.2 Å². The first-order chi connectivity index (χ1) is 13.0. The van der Waals surface area contributed by atoms with Crippen LogP contribution in [0.2, 0.25) is 5.15 Å². The van der Waals surface area contributed by atoms with Crippen LogP contribution >= 0.6 is 11.6 Å². The largest absolute Gasteiger partial charge is 0.508 e. The average Bonchev–Trinajstić information content (AvgIpc) is 2.65. The summed E-state index contributed by atoms with van der Waals surface area (Å²) in [6.07, 6.45) is 0. The van der Waals surface area contributed by atoms with Gasteiger partial charge >= 0.3 is 0 Å². The molecular formula is C20H21ClN4O2. The van der Waals surface area contributed by atoms with Gasteiger partial charge in [-0.1, -0.05) is 23.7 Å². The molecule has 140 valence electrons. The zero-order valence-corrected chi connectivity index (χ0v) is 15.9. The predicted octanol–water partition coefficient (Wildman–Crippen LogP) is 2.61. The highest BCUT2D eigenvalue weighted by molar-refractivity contribution is 6.29. The Kier molecular flexibility index (Phi) is 4.76. The molecule has 0 saturated carbocycles. The summed E-state index contributed by atoms with van der Waals surface area (Å²) in [4.78, 5) is 21.4. The van der Waals surface area contributed by atoms with E-state index in [-0.39, 0.29) is 5.56 Å². The van der Waals surface area contributed by atoms with Gasteiger partial charge in [-0.15, -0.1) is 0 Å². The molecule has 4 rings (SSSR count). The van der Waals surface area contributed by atoms with E-state index < -0.39 is 0 Å². The number of piperazine rings is 1. The summed E-state index contributed by atoms with van der Waals surface area (Å²) >= 11 is 6.10. The van der Waals surface area contributed by atoms with Crippen LogP contribution in [-0.4, -0.2) is 45.7 Å². The lowest BCUT2D eigenvalue weighted by Crippen LogP contribution is -2.46. The Morgan fingerprint density at radius 3 is 2.63 bits per heavy atom. The summed E-state index contributed by atoms with van der Waals surface area (Å²) in [6, 6.07) is 12.6. The molecule has 1 aliphatic heterocycles. The number of pyridine rings is 2. The van der Waals surface area contributed by atoms with E-state index in [0.29, 0.717) is 10.9 Å². The molecule has 3 aromatic rings. The maximum Gasteiger partial charge on any atom is 0.252 e. The second-order valence-corrected chi connectivity index (χ2v) is 7.25. The van der Waals surface area contributed by atoms with Crippen molar-refractivity contribution < 1.29 is 5.11 Å². The average molecular weight is 385 g/mol. The van der Waals surface area contributed by atoms with Crippen LogP contribution in [0.15, 0.2) is 47.3 Å². The second kappa shape index (κ2) is 7.21. The third-order valence-corrected chi connectivity index (χ3v) is 5.27. The van der Waals surface area contributed by atoms with E-state index in [1.165, 1.54) is 0 Å². The molecule has 0 bridgehead atoms. The zero-order valence-electron chi connectivity index (χ0n) is 15.1. The summed E-state index contributed by atoms with van der Waals surface area (Å²) in [5, 5.41) is 10.0. The molecule has 0 aliphatic carbocycles. The van der Waals surface area contributed by atoms with Crippen LogP contribution in [0.25, 0.3) is 11.0 Å². The third kappa shape index (κ3) is 3.63. The molecule has 0 unspecified atom stereocenters. The van der Waals surface area contributed by atoms with Crippen LogP contribution in [0.3, 0.4) is 0 Å². The number of halogens is 1. The van der Waals surface area contributed by atoms with Crippen LogP contribution in [-0.2, 0) is 13.6 Å². The summed E-state index contributed by atoms with van der Waals surface area (Å²) in [6.45, 7) is 4.13. The predicted molar refractivity (Wildman–Crippen MR) is 108 cm³/mol. The quantitative estimate of drug-likeness (QED) is 0.703. The number of nitrogens with zero attached hydrogens (tertiary/aromatic N) is 4. The van der Waals surface area contributed by atoms with Gasteiger partial charge in [0.2, 0.25) is 0 Å².